The van der Waals surface area contributed by atoms with Gasteiger partial charge in [0, 0.05) is 31.8 Å². The lowest BCUT2D eigenvalue weighted by atomic mass is 10.2. The highest BCUT2D eigenvalue weighted by Gasteiger charge is 2.22. The van der Waals surface area contributed by atoms with Crippen LogP contribution < -0.4 is 4.90 Å². The number of halogens is 2. The number of amides is 2. The standard InChI is InChI=1S/C16H20F2N2O2/c1-12(21)20(13-6-7-14(17)15(18)10-13)11-16(22)19-8-4-2-3-5-9-19/h6-7,10H,2-5,8-9,11H2,1H3. The van der Waals surface area contributed by atoms with E-state index in [1.165, 1.54) is 17.9 Å². The maximum absolute atomic E-state index is 13.3. The van der Waals surface area contributed by atoms with Crippen LogP contribution >= 0.6 is 0 Å². The van der Waals surface area contributed by atoms with Crippen LogP contribution in [0.2, 0.25) is 0 Å². The highest BCUT2D eigenvalue weighted by atomic mass is 19.2. The fraction of sp³-hybridized carbons (Fsp3) is 0.500. The Kier molecular flexibility index (Phi) is 5.46. The summed E-state index contributed by atoms with van der Waals surface area (Å²) in [4.78, 5) is 27.0. The Bertz CT molecular complexity index is 555. The minimum atomic E-state index is -1.04. The molecule has 22 heavy (non-hydrogen) atoms. The molecule has 0 radical (unpaired) electrons. The number of likely N-dealkylation sites (tertiary alicyclic amines) is 1. The van der Waals surface area contributed by atoms with Gasteiger partial charge in [0.1, 0.15) is 6.54 Å². The van der Waals surface area contributed by atoms with Crippen LogP contribution in [0.5, 0.6) is 0 Å². The van der Waals surface area contributed by atoms with Crippen LogP contribution in [0.1, 0.15) is 32.6 Å². The zero-order chi connectivity index (χ0) is 16.1. The van der Waals surface area contributed by atoms with Crippen molar-refractivity contribution in [1.29, 1.82) is 0 Å². The van der Waals surface area contributed by atoms with Crippen molar-refractivity contribution in [3.8, 4) is 0 Å². The van der Waals surface area contributed by atoms with Crippen LogP contribution in [0.4, 0.5) is 14.5 Å². The van der Waals surface area contributed by atoms with Gasteiger partial charge in [-0.2, -0.15) is 0 Å². The Balaban J connectivity index is 2.12. The molecule has 2 rings (SSSR count). The van der Waals surface area contributed by atoms with Crippen molar-refractivity contribution in [3.63, 3.8) is 0 Å². The molecule has 0 aliphatic carbocycles. The molecule has 2 amide bonds. The van der Waals surface area contributed by atoms with Gasteiger partial charge >= 0.3 is 0 Å². The van der Waals surface area contributed by atoms with Crippen molar-refractivity contribution in [1.82, 2.24) is 4.90 Å². The fourth-order valence-electron chi connectivity index (χ4n) is 2.59. The van der Waals surface area contributed by atoms with Gasteiger partial charge in [-0.1, -0.05) is 12.8 Å². The van der Waals surface area contributed by atoms with E-state index in [1.54, 1.807) is 4.90 Å². The number of hydrogen-bond donors (Lipinski definition) is 0. The van der Waals surface area contributed by atoms with Gasteiger partial charge in [0.15, 0.2) is 11.6 Å². The molecule has 0 unspecified atom stereocenters. The first kappa shape index (κ1) is 16.4. The normalized spacial score (nSPS) is 15.3. The summed E-state index contributed by atoms with van der Waals surface area (Å²) in [5.74, 6) is -2.56. The first-order chi connectivity index (χ1) is 10.5. The largest absolute Gasteiger partial charge is 0.341 e. The predicted molar refractivity (Wildman–Crippen MR) is 79.4 cm³/mol. The van der Waals surface area contributed by atoms with Crippen LogP contribution in [-0.2, 0) is 9.59 Å². The summed E-state index contributed by atoms with van der Waals surface area (Å²) in [5.41, 5.74) is 0.189. The summed E-state index contributed by atoms with van der Waals surface area (Å²) in [6.45, 7) is 2.52. The molecule has 0 bridgehead atoms. The Labute approximate surface area is 128 Å². The second-order valence-corrected chi connectivity index (χ2v) is 5.50. The first-order valence-electron chi connectivity index (χ1n) is 7.50. The minimum absolute atomic E-state index is 0.152. The van der Waals surface area contributed by atoms with E-state index in [0.717, 1.165) is 37.8 Å². The molecule has 1 aliphatic rings. The molecule has 0 saturated carbocycles. The van der Waals surface area contributed by atoms with Gasteiger partial charge in [-0.25, -0.2) is 8.78 Å². The van der Waals surface area contributed by atoms with E-state index in [-0.39, 0.29) is 24.0 Å². The highest BCUT2D eigenvalue weighted by molar-refractivity contribution is 5.97. The Morgan fingerprint density at radius 2 is 1.73 bits per heavy atom. The minimum Gasteiger partial charge on any atom is -0.341 e. The van der Waals surface area contributed by atoms with Crippen molar-refractivity contribution in [2.45, 2.75) is 32.6 Å². The summed E-state index contributed by atoms with van der Waals surface area (Å²) in [6.07, 6.45) is 4.11. The van der Waals surface area contributed by atoms with E-state index in [1.807, 2.05) is 0 Å². The molecule has 1 fully saturated rings. The molecule has 1 saturated heterocycles. The molecule has 1 heterocycles. The summed E-state index contributed by atoms with van der Waals surface area (Å²) in [7, 11) is 0. The highest BCUT2D eigenvalue weighted by Crippen LogP contribution is 2.19. The second kappa shape index (κ2) is 7.33. The molecule has 4 nitrogen and oxygen atoms in total. The summed E-state index contributed by atoms with van der Waals surface area (Å²) in [6, 6.07) is 3.19. The number of rotatable bonds is 3. The van der Waals surface area contributed by atoms with Crippen LogP contribution in [-0.4, -0.2) is 36.3 Å². The number of carbonyl (C=O) groups excluding carboxylic acids is 2. The van der Waals surface area contributed by atoms with Crippen LogP contribution in [0.25, 0.3) is 0 Å². The molecular weight excluding hydrogens is 290 g/mol. The lowest BCUT2D eigenvalue weighted by molar-refractivity contribution is -0.131. The van der Waals surface area contributed by atoms with E-state index in [0.29, 0.717) is 13.1 Å². The Morgan fingerprint density at radius 3 is 2.27 bits per heavy atom. The molecule has 1 aromatic carbocycles. The van der Waals surface area contributed by atoms with Gasteiger partial charge in [0.2, 0.25) is 11.8 Å². The van der Waals surface area contributed by atoms with Crippen molar-refractivity contribution >= 4 is 17.5 Å². The van der Waals surface area contributed by atoms with Crippen LogP contribution in [0, 0.1) is 11.6 Å². The summed E-state index contributed by atoms with van der Waals surface area (Å²) < 4.78 is 26.3. The second-order valence-electron chi connectivity index (χ2n) is 5.50. The third-order valence-electron chi connectivity index (χ3n) is 3.85. The van der Waals surface area contributed by atoms with Crippen molar-refractivity contribution in [2.75, 3.05) is 24.5 Å². The van der Waals surface area contributed by atoms with Crippen molar-refractivity contribution in [2.24, 2.45) is 0 Å². The van der Waals surface area contributed by atoms with E-state index in [2.05, 4.69) is 0 Å². The zero-order valence-electron chi connectivity index (χ0n) is 12.6. The lowest BCUT2D eigenvalue weighted by Crippen LogP contribution is -2.42. The fourth-order valence-corrected chi connectivity index (χ4v) is 2.59. The van der Waals surface area contributed by atoms with Gasteiger partial charge < -0.3 is 9.80 Å². The topological polar surface area (TPSA) is 40.6 Å². The van der Waals surface area contributed by atoms with E-state index < -0.39 is 11.6 Å². The molecular formula is C16H20F2N2O2. The quantitative estimate of drug-likeness (QED) is 0.861. The molecule has 6 heteroatoms. The number of anilines is 1. The number of nitrogens with zero attached hydrogens (tertiary/aromatic N) is 2. The number of carbonyl (C=O) groups is 2. The SMILES string of the molecule is CC(=O)N(CC(=O)N1CCCCCC1)c1ccc(F)c(F)c1. The smallest absolute Gasteiger partial charge is 0.242 e. The van der Waals surface area contributed by atoms with E-state index >= 15 is 0 Å². The molecule has 1 aliphatic heterocycles. The monoisotopic (exact) mass is 310 g/mol. The number of hydrogen-bond acceptors (Lipinski definition) is 2. The van der Waals surface area contributed by atoms with Gasteiger partial charge in [-0.15, -0.1) is 0 Å². The van der Waals surface area contributed by atoms with Gasteiger partial charge in [0.05, 0.1) is 0 Å². The molecule has 0 atom stereocenters. The maximum atomic E-state index is 13.3. The van der Waals surface area contributed by atoms with Gasteiger partial charge in [0.25, 0.3) is 0 Å². The van der Waals surface area contributed by atoms with Crippen molar-refractivity contribution < 1.29 is 18.4 Å². The average molecular weight is 310 g/mol. The molecule has 0 N–H and O–H groups in total. The average Bonchev–Trinajstić information content (AvgIpc) is 2.76. The molecule has 1 aromatic rings. The third-order valence-corrected chi connectivity index (χ3v) is 3.85. The molecule has 0 spiro atoms. The first-order valence-corrected chi connectivity index (χ1v) is 7.50. The predicted octanol–water partition coefficient (Wildman–Crippen LogP) is 2.72. The Morgan fingerprint density at radius 1 is 1.09 bits per heavy atom. The molecule has 120 valence electrons. The van der Waals surface area contributed by atoms with Crippen molar-refractivity contribution in [3.05, 3.63) is 29.8 Å². The number of benzene rings is 1. The summed E-state index contributed by atoms with van der Waals surface area (Å²) in [5, 5.41) is 0. The van der Waals surface area contributed by atoms with E-state index in [4.69, 9.17) is 0 Å². The Hall–Kier alpha value is -1.98. The van der Waals surface area contributed by atoms with E-state index in [9.17, 15) is 18.4 Å². The lowest BCUT2D eigenvalue weighted by Gasteiger charge is -2.26. The maximum Gasteiger partial charge on any atom is 0.242 e. The van der Waals surface area contributed by atoms with Crippen LogP contribution in [0.15, 0.2) is 18.2 Å². The van der Waals surface area contributed by atoms with Gasteiger partial charge in [-0.3, -0.25) is 9.59 Å². The van der Waals surface area contributed by atoms with Crippen LogP contribution in [0.3, 0.4) is 0 Å². The zero-order valence-corrected chi connectivity index (χ0v) is 12.6. The third kappa shape index (κ3) is 4.02. The van der Waals surface area contributed by atoms with Gasteiger partial charge in [-0.05, 0) is 25.0 Å². The summed E-state index contributed by atoms with van der Waals surface area (Å²) >= 11 is 0. The molecule has 0 aromatic heterocycles.